The van der Waals surface area contributed by atoms with Crippen LogP contribution in [-0.4, -0.2) is 39.1 Å². The highest BCUT2D eigenvalue weighted by molar-refractivity contribution is 7.22. The van der Waals surface area contributed by atoms with E-state index in [1.54, 1.807) is 25.2 Å². The number of carbonyl (C=O) groups excluding carboxylic acids is 1. The molecule has 2 aromatic heterocycles. The van der Waals surface area contributed by atoms with Gasteiger partial charge < -0.3 is 10.0 Å². The van der Waals surface area contributed by atoms with Crippen molar-refractivity contribution in [2.45, 2.75) is 45.3 Å². The number of likely N-dealkylation sites (tertiary alicyclic amines) is 1. The SMILES string of the molecule is Cc1nc(-c2cccs2)sc1C(=O)N1CCCC1C(C)(C)O. The highest BCUT2D eigenvalue weighted by atomic mass is 32.1. The molecule has 2 aromatic rings. The smallest absolute Gasteiger partial charge is 0.266 e. The molecule has 0 radical (unpaired) electrons. The lowest BCUT2D eigenvalue weighted by atomic mass is 9.96. The fourth-order valence-electron chi connectivity index (χ4n) is 2.98. The summed E-state index contributed by atoms with van der Waals surface area (Å²) in [5, 5.41) is 13.2. The second-order valence-corrected chi connectivity index (χ2v) is 8.17. The first-order valence-electron chi connectivity index (χ1n) is 7.42. The molecule has 22 heavy (non-hydrogen) atoms. The normalized spacial score (nSPS) is 18.9. The zero-order valence-electron chi connectivity index (χ0n) is 13.0. The van der Waals surface area contributed by atoms with Crippen molar-refractivity contribution in [1.29, 1.82) is 0 Å². The molecule has 3 rings (SSSR count). The maximum Gasteiger partial charge on any atom is 0.266 e. The quantitative estimate of drug-likeness (QED) is 0.932. The summed E-state index contributed by atoms with van der Waals surface area (Å²) >= 11 is 3.08. The van der Waals surface area contributed by atoms with Crippen molar-refractivity contribution in [2.75, 3.05) is 6.54 Å². The molecule has 1 amide bonds. The lowest BCUT2D eigenvalue weighted by Crippen LogP contribution is -2.48. The van der Waals surface area contributed by atoms with Crippen LogP contribution in [0, 0.1) is 6.92 Å². The Kier molecular flexibility index (Phi) is 4.09. The fourth-order valence-corrected chi connectivity index (χ4v) is 4.79. The lowest BCUT2D eigenvalue weighted by Gasteiger charge is -2.33. The molecule has 0 aliphatic carbocycles. The predicted octanol–water partition coefficient (Wildman–Crippen LogP) is 3.56. The molecule has 3 heterocycles. The summed E-state index contributed by atoms with van der Waals surface area (Å²) < 4.78 is 0. The van der Waals surface area contributed by atoms with Gasteiger partial charge >= 0.3 is 0 Å². The van der Waals surface area contributed by atoms with E-state index in [-0.39, 0.29) is 11.9 Å². The van der Waals surface area contributed by atoms with Crippen LogP contribution >= 0.6 is 22.7 Å². The topological polar surface area (TPSA) is 53.4 Å². The Hall–Kier alpha value is -1.24. The van der Waals surface area contributed by atoms with E-state index in [9.17, 15) is 9.90 Å². The molecule has 1 atom stereocenters. The van der Waals surface area contributed by atoms with Gasteiger partial charge in [0.15, 0.2) is 0 Å². The van der Waals surface area contributed by atoms with Gasteiger partial charge in [0.1, 0.15) is 9.88 Å². The zero-order chi connectivity index (χ0) is 15.9. The Morgan fingerprint density at radius 1 is 1.50 bits per heavy atom. The number of aliphatic hydroxyl groups is 1. The van der Waals surface area contributed by atoms with E-state index in [4.69, 9.17) is 0 Å². The lowest BCUT2D eigenvalue weighted by molar-refractivity contribution is 0.000479. The number of carbonyl (C=O) groups is 1. The maximum absolute atomic E-state index is 12.9. The van der Waals surface area contributed by atoms with E-state index in [0.717, 1.165) is 28.4 Å². The van der Waals surface area contributed by atoms with Crippen LogP contribution in [0.15, 0.2) is 17.5 Å². The molecule has 1 N–H and O–H groups in total. The molecule has 0 aromatic carbocycles. The number of rotatable bonds is 3. The molecule has 1 fully saturated rings. The highest BCUT2D eigenvalue weighted by Crippen LogP contribution is 2.34. The van der Waals surface area contributed by atoms with Crippen molar-refractivity contribution in [3.63, 3.8) is 0 Å². The third kappa shape index (κ3) is 2.83. The van der Waals surface area contributed by atoms with Gasteiger partial charge in [-0.25, -0.2) is 4.98 Å². The Bertz CT molecular complexity index is 671. The Balaban J connectivity index is 1.89. The molecule has 1 aliphatic heterocycles. The second kappa shape index (κ2) is 5.76. The third-order valence-electron chi connectivity index (χ3n) is 4.05. The number of aromatic nitrogens is 1. The van der Waals surface area contributed by atoms with Crippen LogP contribution in [0.4, 0.5) is 0 Å². The minimum absolute atomic E-state index is 0.00225. The Labute approximate surface area is 138 Å². The molecule has 4 nitrogen and oxygen atoms in total. The largest absolute Gasteiger partial charge is 0.388 e. The zero-order valence-corrected chi connectivity index (χ0v) is 14.6. The number of thiazole rings is 1. The number of thiophene rings is 1. The number of hydrogen-bond acceptors (Lipinski definition) is 5. The van der Waals surface area contributed by atoms with E-state index >= 15 is 0 Å². The highest BCUT2D eigenvalue weighted by Gasteiger charge is 2.39. The third-order valence-corrected chi connectivity index (χ3v) is 6.24. The molecule has 1 unspecified atom stereocenters. The molecule has 6 heteroatoms. The van der Waals surface area contributed by atoms with Crippen LogP contribution in [0.1, 0.15) is 42.1 Å². The first-order chi connectivity index (χ1) is 10.4. The van der Waals surface area contributed by atoms with Crippen molar-refractivity contribution >= 4 is 28.6 Å². The van der Waals surface area contributed by atoms with Crippen molar-refractivity contribution in [1.82, 2.24) is 9.88 Å². The molecule has 0 saturated carbocycles. The summed E-state index contributed by atoms with van der Waals surface area (Å²) in [6.45, 7) is 6.15. The summed E-state index contributed by atoms with van der Waals surface area (Å²) in [6.07, 6.45) is 1.79. The first kappa shape index (κ1) is 15.6. The van der Waals surface area contributed by atoms with Crippen LogP contribution in [0.25, 0.3) is 9.88 Å². The fraction of sp³-hybridized carbons (Fsp3) is 0.500. The van der Waals surface area contributed by atoms with E-state index in [2.05, 4.69) is 4.98 Å². The van der Waals surface area contributed by atoms with Gasteiger partial charge in [-0.05, 0) is 45.1 Å². The van der Waals surface area contributed by atoms with Gasteiger partial charge in [-0.3, -0.25) is 4.79 Å². The minimum atomic E-state index is -0.874. The van der Waals surface area contributed by atoms with Gasteiger partial charge in [-0.2, -0.15) is 0 Å². The Morgan fingerprint density at radius 2 is 2.27 bits per heavy atom. The van der Waals surface area contributed by atoms with Crippen molar-refractivity contribution in [2.24, 2.45) is 0 Å². The minimum Gasteiger partial charge on any atom is -0.388 e. The van der Waals surface area contributed by atoms with Gasteiger partial charge in [0.05, 0.1) is 22.2 Å². The van der Waals surface area contributed by atoms with Gasteiger partial charge in [0.25, 0.3) is 5.91 Å². The van der Waals surface area contributed by atoms with Crippen molar-refractivity contribution in [3.8, 4) is 9.88 Å². The monoisotopic (exact) mass is 336 g/mol. The number of amides is 1. The summed E-state index contributed by atoms with van der Waals surface area (Å²) in [5.74, 6) is 0.00225. The number of aryl methyl sites for hydroxylation is 1. The molecular weight excluding hydrogens is 316 g/mol. The van der Waals surface area contributed by atoms with Gasteiger partial charge in [-0.15, -0.1) is 22.7 Å². The van der Waals surface area contributed by atoms with Crippen LogP contribution in [0.5, 0.6) is 0 Å². The standard InChI is InChI=1S/C16H20N2O2S2/c1-10-13(22-14(17-10)11-6-5-9-21-11)15(19)18-8-4-7-12(18)16(2,3)20/h5-6,9,12,20H,4,7-8H2,1-3H3. The predicted molar refractivity (Wildman–Crippen MR) is 90.5 cm³/mol. The second-order valence-electron chi connectivity index (χ2n) is 6.22. The molecule has 1 aliphatic rings. The van der Waals surface area contributed by atoms with Gasteiger partial charge in [0.2, 0.25) is 0 Å². The summed E-state index contributed by atoms with van der Waals surface area (Å²) in [7, 11) is 0. The van der Waals surface area contributed by atoms with Crippen LogP contribution < -0.4 is 0 Å². The number of nitrogens with zero attached hydrogens (tertiary/aromatic N) is 2. The van der Waals surface area contributed by atoms with Gasteiger partial charge in [0, 0.05) is 6.54 Å². The molecule has 0 spiro atoms. The summed E-state index contributed by atoms with van der Waals surface area (Å²) in [6, 6.07) is 3.89. The summed E-state index contributed by atoms with van der Waals surface area (Å²) in [5.41, 5.74) is -0.0961. The van der Waals surface area contributed by atoms with E-state index < -0.39 is 5.60 Å². The van der Waals surface area contributed by atoms with E-state index in [1.165, 1.54) is 11.3 Å². The number of hydrogen-bond donors (Lipinski definition) is 1. The van der Waals surface area contributed by atoms with Gasteiger partial charge in [-0.1, -0.05) is 6.07 Å². The molecule has 118 valence electrons. The van der Waals surface area contributed by atoms with Crippen molar-refractivity contribution < 1.29 is 9.90 Å². The molecule has 0 bridgehead atoms. The van der Waals surface area contributed by atoms with Crippen LogP contribution in [0.2, 0.25) is 0 Å². The first-order valence-corrected chi connectivity index (χ1v) is 9.12. The molecular formula is C16H20N2O2S2. The van der Waals surface area contributed by atoms with E-state index in [0.29, 0.717) is 11.4 Å². The van der Waals surface area contributed by atoms with Crippen molar-refractivity contribution in [3.05, 3.63) is 28.1 Å². The van der Waals surface area contributed by atoms with Crippen LogP contribution in [0.3, 0.4) is 0 Å². The average molecular weight is 336 g/mol. The average Bonchev–Trinajstić information content (AvgIpc) is 3.17. The van der Waals surface area contributed by atoms with E-state index in [1.807, 2.05) is 29.3 Å². The summed E-state index contributed by atoms with van der Waals surface area (Å²) in [4.78, 5) is 21.1. The van der Waals surface area contributed by atoms with Crippen LogP contribution in [-0.2, 0) is 0 Å². The maximum atomic E-state index is 12.9. The molecule has 1 saturated heterocycles. The Morgan fingerprint density at radius 3 is 2.91 bits per heavy atom.